The summed E-state index contributed by atoms with van der Waals surface area (Å²) in [5.41, 5.74) is 2.33. The van der Waals surface area contributed by atoms with Gasteiger partial charge in [-0.2, -0.15) is 0 Å². The molecular formula is C20H26N4O2. The van der Waals surface area contributed by atoms with Crippen molar-refractivity contribution in [2.75, 3.05) is 31.1 Å². The zero-order valence-electron chi connectivity index (χ0n) is 15.2. The lowest BCUT2D eigenvalue weighted by Gasteiger charge is -2.34. The maximum Gasteiger partial charge on any atom is 0.241 e. The molecule has 6 nitrogen and oxygen atoms in total. The van der Waals surface area contributed by atoms with Gasteiger partial charge >= 0.3 is 0 Å². The molecule has 4 rings (SSSR count). The fourth-order valence-corrected chi connectivity index (χ4v) is 4.17. The second kappa shape index (κ2) is 7.21. The van der Waals surface area contributed by atoms with Crippen LogP contribution in [0.3, 0.4) is 0 Å². The van der Waals surface area contributed by atoms with Gasteiger partial charge in [-0.05, 0) is 49.9 Å². The molecule has 1 amide bonds. The van der Waals surface area contributed by atoms with Gasteiger partial charge in [-0.3, -0.25) is 9.69 Å². The number of piperidine rings is 1. The van der Waals surface area contributed by atoms with E-state index >= 15 is 0 Å². The minimum atomic E-state index is -0.529. The highest BCUT2D eigenvalue weighted by Gasteiger charge is 2.31. The number of anilines is 1. The van der Waals surface area contributed by atoms with Crippen molar-refractivity contribution in [3.63, 3.8) is 0 Å². The van der Waals surface area contributed by atoms with E-state index < -0.39 is 6.10 Å². The molecule has 1 N–H and O–H groups in total. The summed E-state index contributed by atoms with van der Waals surface area (Å²) in [4.78, 5) is 21.1. The number of imidazole rings is 1. The van der Waals surface area contributed by atoms with E-state index in [0.29, 0.717) is 6.54 Å². The molecule has 1 fully saturated rings. The summed E-state index contributed by atoms with van der Waals surface area (Å²) in [5, 5.41) is 10.6. The number of hydrogen-bond acceptors (Lipinski definition) is 4. The van der Waals surface area contributed by atoms with Gasteiger partial charge in [0.1, 0.15) is 11.9 Å². The Kier molecular flexibility index (Phi) is 4.78. The maximum absolute atomic E-state index is 12.7. The number of fused-ring (bicyclic) bond motifs is 1. The number of hydrogen-bond donors (Lipinski definition) is 1. The average Bonchev–Trinajstić information content (AvgIpc) is 3.28. The zero-order valence-corrected chi connectivity index (χ0v) is 15.2. The Morgan fingerprint density at radius 3 is 2.77 bits per heavy atom. The third-order valence-electron chi connectivity index (χ3n) is 5.75. The number of aromatic nitrogens is 2. The van der Waals surface area contributed by atoms with E-state index in [1.54, 1.807) is 6.20 Å². The van der Waals surface area contributed by atoms with Crippen molar-refractivity contribution >= 4 is 11.6 Å². The predicted octanol–water partition coefficient (Wildman–Crippen LogP) is 1.75. The van der Waals surface area contributed by atoms with Gasteiger partial charge in [0.25, 0.3) is 0 Å². The lowest BCUT2D eigenvalue weighted by atomic mass is 9.90. The molecule has 1 unspecified atom stereocenters. The second-order valence-corrected chi connectivity index (χ2v) is 7.38. The predicted molar refractivity (Wildman–Crippen MR) is 99.8 cm³/mol. The number of amides is 1. The smallest absolute Gasteiger partial charge is 0.241 e. The maximum atomic E-state index is 12.7. The molecule has 2 aromatic rings. The molecule has 0 saturated carbocycles. The molecule has 6 heteroatoms. The van der Waals surface area contributed by atoms with Crippen molar-refractivity contribution in [2.45, 2.75) is 25.4 Å². The monoisotopic (exact) mass is 354 g/mol. The third kappa shape index (κ3) is 3.27. The SMILES string of the molecule is Cn1ccnc1C(O)C1CCN(CC(=O)N2CCc3ccccc32)CC1. The molecule has 0 spiro atoms. The molecule has 2 aliphatic heterocycles. The first kappa shape index (κ1) is 17.2. The van der Waals surface area contributed by atoms with E-state index in [2.05, 4.69) is 16.0 Å². The van der Waals surface area contributed by atoms with Crippen molar-refractivity contribution in [2.24, 2.45) is 13.0 Å². The van der Waals surface area contributed by atoms with Crippen LogP contribution in [-0.4, -0.2) is 51.6 Å². The van der Waals surface area contributed by atoms with Gasteiger partial charge in [-0.25, -0.2) is 4.98 Å². The number of rotatable bonds is 4. The summed E-state index contributed by atoms with van der Waals surface area (Å²) in [7, 11) is 1.91. The third-order valence-corrected chi connectivity index (χ3v) is 5.75. The highest BCUT2D eigenvalue weighted by molar-refractivity contribution is 5.96. The van der Waals surface area contributed by atoms with Crippen molar-refractivity contribution in [3.8, 4) is 0 Å². The summed E-state index contributed by atoms with van der Waals surface area (Å²) in [5.74, 6) is 1.11. The fraction of sp³-hybridized carbons (Fsp3) is 0.500. The number of carbonyl (C=O) groups is 1. The summed E-state index contributed by atoms with van der Waals surface area (Å²) in [6.45, 7) is 2.92. The van der Waals surface area contributed by atoms with E-state index in [1.807, 2.05) is 40.9 Å². The molecule has 0 radical (unpaired) electrons. The van der Waals surface area contributed by atoms with E-state index in [4.69, 9.17) is 0 Å². The Labute approximate surface area is 154 Å². The highest BCUT2D eigenvalue weighted by atomic mass is 16.3. The van der Waals surface area contributed by atoms with Gasteiger partial charge in [-0.1, -0.05) is 18.2 Å². The Bertz CT molecular complexity index is 780. The van der Waals surface area contributed by atoms with E-state index in [1.165, 1.54) is 5.56 Å². The van der Waals surface area contributed by atoms with Crippen LogP contribution in [0.25, 0.3) is 0 Å². The van der Waals surface area contributed by atoms with Crippen LogP contribution in [0.2, 0.25) is 0 Å². The normalized spacial score (nSPS) is 19.5. The number of aliphatic hydroxyl groups is 1. The van der Waals surface area contributed by atoms with Crippen molar-refractivity contribution in [1.82, 2.24) is 14.5 Å². The van der Waals surface area contributed by atoms with E-state index in [9.17, 15) is 9.90 Å². The molecule has 1 saturated heterocycles. The van der Waals surface area contributed by atoms with Crippen molar-refractivity contribution in [1.29, 1.82) is 0 Å². The van der Waals surface area contributed by atoms with Crippen LogP contribution < -0.4 is 4.90 Å². The molecule has 3 heterocycles. The first-order chi connectivity index (χ1) is 12.6. The minimum Gasteiger partial charge on any atom is -0.385 e. The average molecular weight is 354 g/mol. The molecule has 1 aromatic heterocycles. The summed E-state index contributed by atoms with van der Waals surface area (Å²) in [6, 6.07) is 8.17. The van der Waals surface area contributed by atoms with Crippen LogP contribution >= 0.6 is 0 Å². The van der Waals surface area contributed by atoms with Crippen LogP contribution in [0.15, 0.2) is 36.7 Å². The molecule has 2 aliphatic rings. The second-order valence-electron chi connectivity index (χ2n) is 7.38. The number of nitrogens with zero attached hydrogens (tertiary/aromatic N) is 4. The van der Waals surface area contributed by atoms with Crippen molar-refractivity contribution < 1.29 is 9.90 Å². The molecule has 138 valence electrons. The Hall–Kier alpha value is -2.18. The Morgan fingerprint density at radius 2 is 2.04 bits per heavy atom. The topological polar surface area (TPSA) is 61.6 Å². The van der Waals surface area contributed by atoms with Crippen LogP contribution in [0.4, 0.5) is 5.69 Å². The Balaban J connectivity index is 1.32. The molecule has 0 aliphatic carbocycles. The van der Waals surface area contributed by atoms with Crippen LogP contribution in [0.5, 0.6) is 0 Å². The number of benzene rings is 1. The lowest BCUT2D eigenvalue weighted by molar-refractivity contribution is -0.120. The van der Waals surface area contributed by atoms with Gasteiger partial charge in [0.2, 0.25) is 5.91 Å². The number of aliphatic hydroxyl groups excluding tert-OH is 1. The van der Waals surface area contributed by atoms with Crippen LogP contribution in [-0.2, 0) is 18.3 Å². The lowest BCUT2D eigenvalue weighted by Crippen LogP contribution is -2.43. The first-order valence-electron chi connectivity index (χ1n) is 9.39. The number of carbonyl (C=O) groups excluding carboxylic acids is 1. The molecule has 1 aromatic carbocycles. The number of likely N-dealkylation sites (tertiary alicyclic amines) is 1. The largest absolute Gasteiger partial charge is 0.385 e. The summed E-state index contributed by atoms with van der Waals surface area (Å²) in [6.07, 6.45) is 5.77. The number of aryl methyl sites for hydroxylation is 1. The van der Waals surface area contributed by atoms with E-state index in [0.717, 1.165) is 50.4 Å². The summed E-state index contributed by atoms with van der Waals surface area (Å²) < 4.78 is 1.88. The first-order valence-corrected chi connectivity index (χ1v) is 9.39. The standard InChI is InChI=1S/C20H26N4O2/c1-22-13-9-21-20(22)19(26)16-6-10-23(11-7-16)14-18(25)24-12-8-15-4-2-3-5-17(15)24/h2-5,9,13,16,19,26H,6-8,10-12,14H2,1H3. The fourth-order valence-electron chi connectivity index (χ4n) is 4.17. The number of para-hydroxylation sites is 1. The van der Waals surface area contributed by atoms with Crippen LogP contribution in [0, 0.1) is 5.92 Å². The quantitative estimate of drug-likeness (QED) is 0.909. The molecule has 0 bridgehead atoms. The Morgan fingerprint density at radius 1 is 1.27 bits per heavy atom. The molecular weight excluding hydrogens is 328 g/mol. The molecule has 1 atom stereocenters. The van der Waals surface area contributed by atoms with Crippen molar-refractivity contribution in [3.05, 3.63) is 48.0 Å². The zero-order chi connectivity index (χ0) is 18.1. The van der Waals surface area contributed by atoms with Gasteiger partial charge < -0.3 is 14.6 Å². The van der Waals surface area contributed by atoms with Gasteiger partial charge in [0.05, 0.1) is 6.54 Å². The van der Waals surface area contributed by atoms with Gasteiger partial charge in [-0.15, -0.1) is 0 Å². The summed E-state index contributed by atoms with van der Waals surface area (Å²) >= 11 is 0. The van der Waals surface area contributed by atoms with Gasteiger partial charge in [0, 0.05) is 31.7 Å². The van der Waals surface area contributed by atoms with E-state index in [-0.39, 0.29) is 11.8 Å². The van der Waals surface area contributed by atoms with Crippen LogP contribution in [0.1, 0.15) is 30.3 Å². The minimum absolute atomic E-state index is 0.179. The molecule has 26 heavy (non-hydrogen) atoms. The van der Waals surface area contributed by atoms with Gasteiger partial charge in [0.15, 0.2) is 0 Å². The highest BCUT2D eigenvalue weighted by Crippen LogP contribution is 2.31.